The van der Waals surface area contributed by atoms with Gasteiger partial charge in [-0.3, -0.25) is 15.4 Å². The van der Waals surface area contributed by atoms with Crippen LogP contribution in [0, 0.1) is 27.3 Å². The molecule has 1 aliphatic rings. The monoisotopic (exact) mass is 357 g/mol. The van der Waals surface area contributed by atoms with Crippen molar-refractivity contribution < 1.29 is 14.1 Å². The van der Waals surface area contributed by atoms with Gasteiger partial charge in [-0.15, -0.1) is 0 Å². The summed E-state index contributed by atoms with van der Waals surface area (Å²) < 4.78 is 18.8. The zero-order chi connectivity index (χ0) is 15.6. The third-order valence-corrected chi connectivity index (χ3v) is 3.67. The molecule has 0 heterocycles. The SMILES string of the molecule is CC(C#N)(COc1cc(F)c(Br)cc1[N+](=O)[O-])NC1CC1. The Morgan fingerprint density at radius 2 is 2.33 bits per heavy atom. The Bertz CT molecular complexity index is 615. The molecule has 0 spiro atoms. The summed E-state index contributed by atoms with van der Waals surface area (Å²) in [6.45, 7) is 1.54. The number of benzene rings is 1. The minimum Gasteiger partial charge on any atom is -0.484 e. The van der Waals surface area contributed by atoms with Crippen molar-refractivity contribution in [2.24, 2.45) is 0 Å². The Morgan fingerprint density at radius 1 is 1.67 bits per heavy atom. The summed E-state index contributed by atoms with van der Waals surface area (Å²) in [7, 11) is 0. The predicted molar refractivity (Wildman–Crippen MR) is 76.4 cm³/mol. The van der Waals surface area contributed by atoms with Gasteiger partial charge in [0.2, 0.25) is 0 Å². The molecule has 6 nitrogen and oxygen atoms in total. The van der Waals surface area contributed by atoms with Crippen LogP contribution in [-0.4, -0.2) is 23.1 Å². The quantitative estimate of drug-likeness (QED) is 0.624. The Morgan fingerprint density at radius 3 is 2.86 bits per heavy atom. The first-order chi connectivity index (χ1) is 9.84. The van der Waals surface area contributed by atoms with Crippen molar-refractivity contribution in [2.75, 3.05) is 6.61 Å². The predicted octanol–water partition coefficient (Wildman–Crippen LogP) is 2.91. The van der Waals surface area contributed by atoms with E-state index < -0.39 is 16.3 Å². The van der Waals surface area contributed by atoms with Crippen molar-refractivity contribution in [2.45, 2.75) is 31.3 Å². The first-order valence-corrected chi connectivity index (χ1v) is 7.09. The summed E-state index contributed by atoms with van der Waals surface area (Å²) >= 11 is 2.89. The topological polar surface area (TPSA) is 88.2 Å². The number of nitrogens with zero attached hydrogens (tertiary/aromatic N) is 2. The molecule has 1 unspecified atom stereocenters. The van der Waals surface area contributed by atoms with Gasteiger partial charge in [0.05, 0.1) is 15.5 Å². The van der Waals surface area contributed by atoms with Crippen LogP contribution in [0.5, 0.6) is 5.75 Å². The van der Waals surface area contributed by atoms with Gasteiger partial charge < -0.3 is 4.74 Å². The zero-order valence-electron chi connectivity index (χ0n) is 11.2. The molecule has 0 saturated heterocycles. The molecule has 21 heavy (non-hydrogen) atoms. The van der Waals surface area contributed by atoms with Crippen LogP contribution in [0.1, 0.15) is 19.8 Å². The summed E-state index contributed by atoms with van der Waals surface area (Å²) in [6.07, 6.45) is 1.98. The molecule has 0 radical (unpaired) electrons. The average Bonchev–Trinajstić information content (AvgIpc) is 3.23. The molecule has 1 aromatic rings. The fourth-order valence-corrected chi connectivity index (χ4v) is 2.11. The lowest BCUT2D eigenvalue weighted by molar-refractivity contribution is -0.386. The van der Waals surface area contributed by atoms with Gasteiger partial charge in [-0.1, -0.05) is 0 Å². The van der Waals surface area contributed by atoms with Crippen LogP contribution in [-0.2, 0) is 0 Å². The number of nitro benzene ring substituents is 1. The maximum Gasteiger partial charge on any atom is 0.312 e. The minimum absolute atomic E-state index is 0.0132. The lowest BCUT2D eigenvalue weighted by Crippen LogP contribution is -2.47. The standard InChI is InChI=1S/C13H13BrFN3O3/c1-13(6-16,17-8-2-3-8)7-21-12-5-10(15)9(14)4-11(12)18(19)20/h4-5,8,17H,2-3,7H2,1H3. The van der Waals surface area contributed by atoms with E-state index in [2.05, 4.69) is 27.3 Å². The van der Waals surface area contributed by atoms with Crippen LogP contribution in [0.2, 0.25) is 0 Å². The molecule has 0 bridgehead atoms. The van der Waals surface area contributed by atoms with Gasteiger partial charge in [0.25, 0.3) is 0 Å². The number of nitro groups is 1. The molecule has 112 valence electrons. The van der Waals surface area contributed by atoms with Crippen molar-refractivity contribution in [3.05, 3.63) is 32.5 Å². The Hall–Kier alpha value is -1.72. The van der Waals surface area contributed by atoms with Gasteiger partial charge in [-0.25, -0.2) is 4.39 Å². The van der Waals surface area contributed by atoms with Gasteiger partial charge in [-0.05, 0) is 35.7 Å². The highest BCUT2D eigenvalue weighted by Crippen LogP contribution is 2.33. The van der Waals surface area contributed by atoms with Crippen LogP contribution in [0.15, 0.2) is 16.6 Å². The van der Waals surface area contributed by atoms with Crippen LogP contribution < -0.4 is 10.1 Å². The molecule has 0 aliphatic heterocycles. The number of ether oxygens (including phenoxy) is 1. The molecular formula is C13H13BrFN3O3. The molecule has 0 amide bonds. The highest BCUT2D eigenvalue weighted by atomic mass is 79.9. The van der Waals surface area contributed by atoms with E-state index in [9.17, 15) is 19.8 Å². The maximum absolute atomic E-state index is 13.5. The normalized spacial score (nSPS) is 16.9. The highest BCUT2D eigenvalue weighted by molar-refractivity contribution is 9.10. The molecule has 1 saturated carbocycles. The second kappa shape index (κ2) is 5.95. The second-order valence-electron chi connectivity index (χ2n) is 5.14. The number of hydrogen-bond acceptors (Lipinski definition) is 5. The Kier molecular flexibility index (Phi) is 4.44. The third-order valence-electron chi connectivity index (χ3n) is 3.06. The maximum atomic E-state index is 13.5. The summed E-state index contributed by atoms with van der Waals surface area (Å²) in [5, 5.41) is 23.3. The summed E-state index contributed by atoms with van der Waals surface area (Å²) in [5.41, 5.74) is -1.33. The lowest BCUT2D eigenvalue weighted by Gasteiger charge is -2.23. The second-order valence-corrected chi connectivity index (χ2v) is 6.00. The largest absolute Gasteiger partial charge is 0.484 e. The number of nitriles is 1. The van der Waals surface area contributed by atoms with Crippen LogP contribution in [0.4, 0.5) is 10.1 Å². The summed E-state index contributed by atoms with van der Waals surface area (Å²) in [6, 6.07) is 4.34. The molecular weight excluding hydrogens is 345 g/mol. The molecule has 1 N–H and O–H groups in total. The molecule has 1 fully saturated rings. The molecule has 8 heteroatoms. The highest BCUT2D eigenvalue weighted by Gasteiger charge is 2.34. The average molecular weight is 358 g/mol. The zero-order valence-corrected chi connectivity index (χ0v) is 12.8. The first-order valence-electron chi connectivity index (χ1n) is 6.30. The fourth-order valence-electron chi connectivity index (χ4n) is 1.78. The van der Waals surface area contributed by atoms with E-state index in [-0.39, 0.29) is 28.6 Å². The number of halogens is 2. The van der Waals surface area contributed by atoms with Crippen molar-refractivity contribution in [3.63, 3.8) is 0 Å². The Balaban J connectivity index is 2.16. The smallest absolute Gasteiger partial charge is 0.312 e. The van der Waals surface area contributed by atoms with Crippen molar-refractivity contribution in [1.82, 2.24) is 5.32 Å². The van der Waals surface area contributed by atoms with E-state index in [0.717, 1.165) is 25.0 Å². The minimum atomic E-state index is -0.974. The molecule has 1 aromatic carbocycles. The van der Waals surface area contributed by atoms with Crippen LogP contribution in [0.25, 0.3) is 0 Å². The van der Waals surface area contributed by atoms with E-state index in [1.54, 1.807) is 6.92 Å². The van der Waals surface area contributed by atoms with Crippen LogP contribution >= 0.6 is 15.9 Å². The number of rotatable bonds is 6. The van der Waals surface area contributed by atoms with Crippen molar-refractivity contribution >= 4 is 21.6 Å². The molecule has 2 rings (SSSR count). The van der Waals surface area contributed by atoms with Gasteiger partial charge in [0, 0.05) is 18.2 Å². The van der Waals surface area contributed by atoms with Gasteiger partial charge in [-0.2, -0.15) is 5.26 Å². The Labute approximate surface area is 129 Å². The van der Waals surface area contributed by atoms with Crippen LogP contribution in [0.3, 0.4) is 0 Å². The van der Waals surface area contributed by atoms with Gasteiger partial charge in [0.1, 0.15) is 18.0 Å². The number of nitrogens with one attached hydrogen (secondary N) is 1. The van der Waals surface area contributed by atoms with Gasteiger partial charge in [0.15, 0.2) is 5.75 Å². The van der Waals surface area contributed by atoms with Crippen molar-refractivity contribution in [1.29, 1.82) is 5.26 Å². The molecule has 1 aliphatic carbocycles. The summed E-state index contributed by atoms with van der Waals surface area (Å²) in [4.78, 5) is 10.3. The van der Waals surface area contributed by atoms with E-state index in [4.69, 9.17) is 4.74 Å². The van der Waals surface area contributed by atoms with E-state index in [0.29, 0.717) is 0 Å². The number of hydrogen-bond donors (Lipinski definition) is 1. The van der Waals surface area contributed by atoms with E-state index >= 15 is 0 Å². The molecule has 0 aromatic heterocycles. The lowest BCUT2D eigenvalue weighted by atomic mass is 10.1. The molecule has 1 atom stereocenters. The van der Waals surface area contributed by atoms with Crippen molar-refractivity contribution in [3.8, 4) is 11.8 Å². The van der Waals surface area contributed by atoms with E-state index in [1.165, 1.54) is 0 Å². The van der Waals surface area contributed by atoms with Gasteiger partial charge >= 0.3 is 5.69 Å². The fraction of sp³-hybridized carbons (Fsp3) is 0.462. The third kappa shape index (κ3) is 3.89. The first kappa shape index (κ1) is 15.7. The van der Waals surface area contributed by atoms with E-state index in [1.807, 2.05) is 0 Å². The summed E-state index contributed by atoms with van der Waals surface area (Å²) in [5.74, 6) is -0.857.